The summed E-state index contributed by atoms with van der Waals surface area (Å²) in [5.74, 6) is 1.62. The molecule has 1 amide bonds. The maximum Gasteiger partial charge on any atom is 0.254 e. The summed E-state index contributed by atoms with van der Waals surface area (Å²) in [6.45, 7) is 0.885. The van der Waals surface area contributed by atoms with Gasteiger partial charge in [0.25, 0.3) is 5.91 Å². The third-order valence-corrected chi connectivity index (χ3v) is 6.58. The van der Waals surface area contributed by atoms with Gasteiger partial charge in [0, 0.05) is 34.7 Å². The maximum atomic E-state index is 13.2. The number of benzene rings is 2. The Bertz CT molecular complexity index is 819. The van der Waals surface area contributed by atoms with Gasteiger partial charge in [0.1, 0.15) is 0 Å². The van der Waals surface area contributed by atoms with E-state index < -0.39 is 0 Å². The van der Waals surface area contributed by atoms with Crippen LogP contribution in [0.25, 0.3) is 0 Å². The average Bonchev–Trinajstić information content (AvgIpc) is 3.24. The van der Waals surface area contributed by atoms with Crippen molar-refractivity contribution in [1.29, 1.82) is 0 Å². The highest BCUT2D eigenvalue weighted by atomic mass is 32.2. The number of rotatable bonds is 1. The van der Waals surface area contributed by atoms with Gasteiger partial charge in [0.05, 0.1) is 5.88 Å². The lowest BCUT2D eigenvalue weighted by Gasteiger charge is -2.38. The molecule has 3 aliphatic rings. The van der Waals surface area contributed by atoms with Crippen LogP contribution in [0.4, 0.5) is 5.69 Å². The normalized spacial score (nSPS) is 24.1. The second-order valence-corrected chi connectivity index (χ2v) is 7.91. The zero-order valence-electron chi connectivity index (χ0n) is 13.5. The van der Waals surface area contributed by atoms with E-state index in [0.717, 1.165) is 36.5 Å². The molecule has 1 unspecified atom stereocenters. The van der Waals surface area contributed by atoms with E-state index in [2.05, 4.69) is 40.5 Å². The average molecular weight is 336 g/mol. The first-order valence-corrected chi connectivity index (χ1v) is 9.69. The van der Waals surface area contributed by atoms with E-state index >= 15 is 0 Å². The number of carbonyl (C=O) groups excluding carboxylic acids is 1. The largest absolute Gasteiger partial charge is 0.375 e. The number of hydrogen-bond acceptors (Lipinski definition) is 3. The molecular formula is C20H20N2OS. The number of thioether (sulfide) groups is 1. The molecule has 2 heterocycles. The third-order valence-electron chi connectivity index (χ3n) is 5.64. The number of nitrogens with zero attached hydrogens (tertiary/aromatic N) is 1. The number of hydrogen-bond donors (Lipinski definition) is 1. The van der Waals surface area contributed by atoms with Gasteiger partial charge in [-0.05, 0) is 48.6 Å². The van der Waals surface area contributed by atoms with Gasteiger partial charge in [-0.15, -0.1) is 11.8 Å². The summed E-state index contributed by atoms with van der Waals surface area (Å²) in [6.07, 6.45) is 3.31. The van der Waals surface area contributed by atoms with Crippen molar-refractivity contribution in [2.45, 2.75) is 36.1 Å². The van der Waals surface area contributed by atoms with Crippen LogP contribution in [0.1, 0.15) is 40.2 Å². The minimum atomic E-state index is 0.202. The van der Waals surface area contributed by atoms with Crippen LogP contribution >= 0.6 is 11.8 Å². The summed E-state index contributed by atoms with van der Waals surface area (Å²) < 4.78 is 0. The van der Waals surface area contributed by atoms with Gasteiger partial charge in [-0.3, -0.25) is 4.79 Å². The number of likely N-dealkylation sites (tertiary alicyclic amines) is 1. The van der Waals surface area contributed by atoms with Crippen LogP contribution in [0.3, 0.4) is 0 Å². The molecule has 0 saturated carbocycles. The third kappa shape index (κ3) is 2.16. The highest BCUT2D eigenvalue weighted by Gasteiger charge is 2.40. The van der Waals surface area contributed by atoms with Gasteiger partial charge < -0.3 is 10.2 Å². The molecule has 1 N–H and O–H groups in total. The van der Waals surface area contributed by atoms with E-state index in [9.17, 15) is 4.79 Å². The van der Waals surface area contributed by atoms with Crippen LogP contribution in [0.5, 0.6) is 0 Å². The Morgan fingerprint density at radius 2 is 2.12 bits per heavy atom. The van der Waals surface area contributed by atoms with Crippen molar-refractivity contribution >= 4 is 23.4 Å². The van der Waals surface area contributed by atoms with Crippen LogP contribution in [-0.4, -0.2) is 29.3 Å². The van der Waals surface area contributed by atoms with Crippen molar-refractivity contribution in [3.05, 3.63) is 59.2 Å². The molecule has 2 aromatic rings. The van der Waals surface area contributed by atoms with E-state index in [1.807, 2.05) is 12.1 Å². The van der Waals surface area contributed by atoms with Crippen LogP contribution in [0, 0.1) is 0 Å². The summed E-state index contributed by atoms with van der Waals surface area (Å²) in [5, 5.41) is 3.33. The second-order valence-electron chi connectivity index (χ2n) is 6.89. The van der Waals surface area contributed by atoms with Crippen molar-refractivity contribution in [3.63, 3.8) is 0 Å². The SMILES string of the molecule is O=C(c1ccc2c(c1)SCN2)N1CCC[C@@H]2c3ccccc3CC21. The lowest BCUT2D eigenvalue weighted by molar-refractivity contribution is 0.0595. The lowest BCUT2D eigenvalue weighted by Crippen LogP contribution is -2.46. The fourth-order valence-electron chi connectivity index (χ4n) is 4.51. The number of amides is 1. The molecule has 2 atom stereocenters. The molecule has 1 saturated heterocycles. The Morgan fingerprint density at radius 3 is 3.08 bits per heavy atom. The van der Waals surface area contributed by atoms with E-state index in [1.165, 1.54) is 22.4 Å². The molecule has 1 aliphatic carbocycles. The van der Waals surface area contributed by atoms with Gasteiger partial charge >= 0.3 is 0 Å². The summed E-state index contributed by atoms with van der Waals surface area (Å²) in [7, 11) is 0. The number of fused-ring (bicyclic) bond motifs is 4. The van der Waals surface area contributed by atoms with Crippen molar-refractivity contribution in [1.82, 2.24) is 4.90 Å². The Hall–Kier alpha value is -1.94. The Labute approximate surface area is 146 Å². The fraction of sp³-hybridized carbons (Fsp3) is 0.350. The standard InChI is InChI=1S/C20H20N2OS/c23-20(14-7-8-17-19(11-14)24-12-21-17)22-9-3-6-16-15-5-2-1-4-13(15)10-18(16)22/h1-2,4-5,7-8,11,16,18,21H,3,6,9-10,12H2/t16-,18?/m1/s1. The fourth-order valence-corrected chi connectivity index (χ4v) is 5.40. The van der Waals surface area contributed by atoms with Crippen LogP contribution in [-0.2, 0) is 6.42 Å². The Kier molecular flexibility index (Phi) is 3.33. The quantitative estimate of drug-likeness (QED) is 0.851. The van der Waals surface area contributed by atoms with Crippen LogP contribution < -0.4 is 5.32 Å². The maximum absolute atomic E-state index is 13.2. The minimum absolute atomic E-state index is 0.202. The van der Waals surface area contributed by atoms with E-state index in [-0.39, 0.29) is 5.91 Å². The summed E-state index contributed by atoms with van der Waals surface area (Å²) >= 11 is 1.77. The predicted molar refractivity (Wildman–Crippen MR) is 97.7 cm³/mol. The minimum Gasteiger partial charge on any atom is -0.375 e. The van der Waals surface area contributed by atoms with E-state index in [1.54, 1.807) is 11.8 Å². The van der Waals surface area contributed by atoms with Gasteiger partial charge in [0.2, 0.25) is 0 Å². The predicted octanol–water partition coefficient (Wildman–Crippen LogP) is 4.11. The number of anilines is 1. The number of nitrogens with one attached hydrogen (secondary N) is 1. The first-order valence-electron chi connectivity index (χ1n) is 8.71. The first kappa shape index (κ1) is 14.4. The zero-order valence-corrected chi connectivity index (χ0v) is 14.3. The molecule has 0 radical (unpaired) electrons. The lowest BCUT2D eigenvalue weighted by atomic mass is 9.88. The van der Waals surface area contributed by atoms with Gasteiger partial charge in [-0.25, -0.2) is 0 Å². The molecule has 2 aromatic carbocycles. The summed E-state index contributed by atoms with van der Waals surface area (Å²) in [6, 6.07) is 15.2. The first-order chi connectivity index (χ1) is 11.8. The molecule has 4 heteroatoms. The van der Waals surface area contributed by atoms with Crippen molar-refractivity contribution in [2.75, 3.05) is 17.7 Å². The zero-order chi connectivity index (χ0) is 16.1. The van der Waals surface area contributed by atoms with Crippen molar-refractivity contribution < 1.29 is 4.79 Å². The van der Waals surface area contributed by atoms with Gasteiger partial charge in [-0.1, -0.05) is 24.3 Å². The molecule has 24 heavy (non-hydrogen) atoms. The molecule has 0 spiro atoms. The molecule has 122 valence electrons. The molecule has 3 nitrogen and oxygen atoms in total. The molecule has 0 aromatic heterocycles. The highest BCUT2D eigenvalue weighted by Crippen LogP contribution is 2.42. The molecular weight excluding hydrogens is 316 g/mol. The second kappa shape index (κ2) is 5.55. The molecule has 2 aliphatic heterocycles. The smallest absolute Gasteiger partial charge is 0.254 e. The summed E-state index contributed by atoms with van der Waals surface area (Å²) in [5.41, 5.74) is 4.89. The molecule has 1 fully saturated rings. The van der Waals surface area contributed by atoms with E-state index in [4.69, 9.17) is 0 Å². The van der Waals surface area contributed by atoms with E-state index in [0.29, 0.717) is 12.0 Å². The van der Waals surface area contributed by atoms with Gasteiger partial charge in [0.15, 0.2) is 0 Å². The summed E-state index contributed by atoms with van der Waals surface area (Å²) in [4.78, 5) is 16.5. The van der Waals surface area contributed by atoms with Crippen LogP contribution in [0.15, 0.2) is 47.4 Å². The monoisotopic (exact) mass is 336 g/mol. The number of carbonyl (C=O) groups is 1. The molecule has 5 rings (SSSR count). The Morgan fingerprint density at radius 1 is 1.21 bits per heavy atom. The van der Waals surface area contributed by atoms with Crippen molar-refractivity contribution in [3.8, 4) is 0 Å². The number of piperidine rings is 1. The van der Waals surface area contributed by atoms with Gasteiger partial charge in [-0.2, -0.15) is 0 Å². The Balaban J connectivity index is 1.46. The molecule has 0 bridgehead atoms. The topological polar surface area (TPSA) is 32.3 Å². The highest BCUT2D eigenvalue weighted by molar-refractivity contribution is 7.99. The van der Waals surface area contributed by atoms with Crippen LogP contribution in [0.2, 0.25) is 0 Å². The van der Waals surface area contributed by atoms with Crippen molar-refractivity contribution in [2.24, 2.45) is 0 Å².